The first-order valence-electron chi connectivity index (χ1n) is 5.19. The summed E-state index contributed by atoms with van der Waals surface area (Å²) in [5.41, 5.74) is 0. The molecule has 1 unspecified atom stereocenters. The molecule has 0 amide bonds. The van der Waals surface area contributed by atoms with Crippen molar-refractivity contribution in [3.05, 3.63) is 22.6 Å². The Kier molecular flexibility index (Phi) is 5.26. The fourth-order valence-corrected chi connectivity index (χ4v) is 2.04. The van der Waals surface area contributed by atoms with Crippen LogP contribution in [0, 0.1) is 0 Å². The van der Waals surface area contributed by atoms with Crippen LogP contribution in [0.25, 0.3) is 0 Å². The molecule has 14 heavy (non-hydrogen) atoms. The van der Waals surface area contributed by atoms with Gasteiger partial charge in [-0.1, -0.05) is 26.2 Å². The van der Waals surface area contributed by atoms with Crippen molar-refractivity contribution in [1.82, 2.24) is 5.32 Å². The Morgan fingerprint density at radius 2 is 2.29 bits per heavy atom. The molecule has 0 aliphatic carbocycles. The second-order valence-electron chi connectivity index (χ2n) is 3.47. The molecule has 2 nitrogen and oxygen atoms in total. The van der Waals surface area contributed by atoms with Gasteiger partial charge in [0.15, 0.2) is 0 Å². The normalized spacial score (nSPS) is 13.1. The van der Waals surface area contributed by atoms with Crippen molar-refractivity contribution < 1.29 is 4.42 Å². The van der Waals surface area contributed by atoms with Crippen LogP contribution in [-0.2, 0) is 0 Å². The zero-order chi connectivity index (χ0) is 10.4. The zero-order valence-corrected chi connectivity index (χ0v) is 10.4. The zero-order valence-electron chi connectivity index (χ0n) is 8.85. The van der Waals surface area contributed by atoms with Crippen LogP contribution < -0.4 is 5.32 Å². The number of nitrogens with one attached hydrogen (secondary N) is 1. The van der Waals surface area contributed by atoms with Gasteiger partial charge < -0.3 is 9.73 Å². The fourth-order valence-electron chi connectivity index (χ4n) is 1.56. The molecule has 1 aromatic heterocycles. The van der Waals surface area contributed by atoms with E-state index in [0.717, 1.165) is 16.7 Å². The fraction of sp³-hybridized carbons (Fsp3) is 0.636. The molecule has 3 heteroatoms. The highest BCUT2D eigenvalue weighted by Gasteiger charge is 2.14. The molecule has 0 saturated carbocycles. The Morgan fingerprint density at radius 3 is 2.79 bits per heavy atom. The third-order valence-corrected chi connectivity index (χ3v) is 3.06. The maximum absolute atomic E-state index is 5.44. The number of hydrogen-bond donors (Lipinski definition) is 1. The lowest BCUT2D eigenvalue weighted by Gasteiger charge is -2.13. The SMILES string of the molecule is CCCCCC(NC)c1occc1Br. The molecule has 1 atom stereocenters. The summed E-state index contributed by atoms with van der Waals surface area (Å²) in [4.78, 5) is 0. The summed E-state index contributed by atoms with van der Waals surface area (Å²) in [5.74, 6) is 1.02. The Bertz CT molecular complexity index is 260. The standard InChI is InChI=1S/C11H18BrNO/c1-3-4-5-6-10(13-2)11-9(12)7-8-14-11/h7-8,10,13H,3-6H2,1-2H3. The van der Waals surface area contributed by atoms with Gasteiger partial charge in [0.25, 0.3) is 0 Å². The van der Waals surface area contributed by atoms with Crippen LogP contribution in [0.5, 0.6) is 0 Å². The van der Waals surface area contributed by atoms with Gasteiger partial charge in [-0.2, -0.15) is 0 Å². The molecule has 0 radical (unpaired) electrons. The summed E-state index contributed by atoms with van der Waals surface area (Å²) in [5, 5.41) is 3.28. The molecule has 0 aromatic carbocycles. The largest absolute Gasteiger partial charge is 0.466 e. The summed E-state index contributed by atoms with van der Waals surface area (Å²) in [6.07, 6.45) is 6.65. The average molecular weight is 260 g/mol. The summed E-state index contributed by atoms with van der Waals surface area (Å²) in [6, 6.07) is 2.28. The summed E-state index contributed by atoms with van der Waals surface area (Å²) in [7, 11) is 1.98. The molecule has 0 fully saturated rings. The Hall–Kier alpha value is -0.280. The van der Waals surface area contributed by atoms with Gasteiger partial charge in [0.05, 0.1) is 16.8 Å². The van der Waals surface area contributed by atoms with E-state index in [1.807, 2.05) is 13.1 Å². The highest BCUT2D eigenvalue weighted by molar-refractivity contribution is 9.10. The molecule has 1 N–H and O–H groups in total. The van der Waals surface area contributed by atoms with Gasteiger partial charge in [-0.3, -0.25) is 0 Å². The second-order valence-corrected chi connectivity index (χ2v) is 4.32. The lowest BCUT2D eigenvalue weighted by Crippen LogP contribution is -2.15. The van der Waals surface area contributed by atoms with E-state index in [2.05, 4.69) is 28.2 Å². The molecular formula is C11H18BrNO. The van der Waals surface area contributed by atoms with Crippen molar-refractivity contribution in [2.75, 3.05) is 7.05 Å². The number of hydrogen-bond acceptors (Lipinski definition) is 2. The topological polar surface area (TPSA) is 25.2 Å². The van der Waals surface area contributed by atoms with Crippen molar-refractivity contribution in [3.63, 3.8) is 0 Å². The maximum atomic E-state index is 5.44. The number of furan rings is 1. The highest BCUT2D eigenvalue weighted by atomic mass is 79.9. The van der Waals surface area contributed by atoms with E-state index < -0.39 is 0 Å². The third kappa shape index (κ3) is 3.14. The van der Waals surface area contributed by atoms with Gasteiger partial charge in [0.1, 0.15) is 5.76 Å². The van der Waals surface area contributed by atoms with Crippen LogP contribution >= 0.6 is 15.9 Å². The number of halogens is 1. The van der Waals surface area contributed by atoms with E-state index in [4.69, 9.17) is 4.42 Å². The van der Waals surface area contributed by atoms with Crippen molar-refractivity contribution in [1.29, 1.82) is 0 Å². The monoisotopic (exact) mass is 259 g/mol. The first-order valence-corrected chi connectivity index (χ1v) is 5.99. The second kappa shape index (κ2) is 6.25. The molecule has 1 heterocycles. The minimum Gasteiger partial charge on any atom is -0.466 e. The molecule has 0 aliphatic rings. The molecule has 0 bridgehead atoms. The molecule has 0 aliphatic heterocycles. The maximum Gasteiger partial charge on any atom is 0.134 e. The Balaban J connectivity index is 2.50. The Morgan fingerprint density at radius 1 is 1.50 bits per heavy atom. The molecule has 80 valence electrons. The lowest BCUT2D eigenvalue weighted by atomic mass is 10.1. The summed E-state index contributed by atoms with van der Waals surface area (Å²) >= 11 is 3.48. The number of unbranched alkanes of at least 4 members (excludes halogenated alkanes) is 2. The number of rotatable bonds is 6. The van der Waals surface area contributed by atoms with Crippen LogP contribution in [0.2, 0.25) is 0 Å². The van der Waals surface area contributed by atoms with Crippen LogP contribution in [-0.4, -0.2) is 7.05 Å². The van der Waals surface area contributed by atoms with Gasteiger partial charge in [-0.05, 0) is 35.5 Å². The van der Waals surface area contributed by atoms with E-state index in [1.165, 1.54) is 19.3 Å². The quantitative estimate of drug-likeness (QED) is 0.785. The average Bonchev–Trinajstić information content (AvgIpc) is 2.60. The van der Waals surface area contributed by atoms with Crippen molar-refractivity contribution in [2.24, 2.45) is 0 Å². The van der Waals surface area contributed by atoms with Gasteiger partial charge in [0, 0.05) is 0 Å². The van der Waals surface area contributed by atoms with Crippen LogP contribution in [0.3, 0.4) is 0 Å². The van der Waals surface area contributed by atoms with E-state index in [0.29, 0.717) is 6.04 Å². The van der Waals surface area contributed by atoms with Gasteiger partial charge >= 0.3 is 0 Å². The van der Waals surface area contributed by atoms with Crippen molar-refractivity contribution >= 4 is 15.9 Å². The van der Waals surface area contributed by atoms with E-state index in [1.54, 1.807) is 6.26 Å². The van der Waals surface area contributed by atoms with Crippen LogP contribution in [0.4, 0.5) is 0 Å². The molecular weight excluding hydrogens is 242 g/mol. The smallest absolute Gasteiger partial charge is 0.134 e. The summed E-state index contributed by atoms with van der Waals surface area (Å²) < 4.78 is 6.50. The molecule has 1 aromatic rings. The van der Waals surface area contributed by atoms with Crippen LogP contribution in [0.1, 0.15) is 44.4 Å². The minimum absolute atomic E-state index is 0.339. The van der Waals surface area contributed by atoms with E-state index >= 15 is 0 Å². The molecule has 0 spiro atoms. The van der Waals surface area contributed by atoms with Crippen molar-refractivity contribution in [3.8, 4) is 0 Å². The first kappa shape index (κ1) is 11.8. The Labute approximate surface area is 94.2 Å². The third-order valence-electron chi connectivity index (χ3n) is 2.41. The lowest BCUT2D eigenvalue weighted by molar-refractivity contribution is 0.402. The van der Waals surface area contributed by atoms with E-state index in [-0.39, 0.29) is 0 Å². The van der Waals surface area contributed by atoms with E-state index in [9.17, 15) is 0 Å². The minimum atomic E-state index is 0.339. The summed E-state index contributed by atoms with van der Waals surface area (Å²) in [6.45, 7) is 2.22. The first-order chi connectivity index (χ1) is 6.79. The van der Waals surface area contributed by atoms with Crippen molar-refractivity contribution in [2.45, 2.75) is 38.6 Å². The predicted molar refractivity (Wildman–Crippen MR) is 62.4 cm³/mol. The van der Waals surface area contributed by atoms with Crippen LogP contribution in [0.15, 0.2) is 21.2 Å². The van der Waals surface area contributed by atoms with Gasteiger partial charge in [0.2, 0.25) is 0 Å². The molecule has 1 rings (SSSR count). The van der Waals surface area contributed by atoms with Gasteiger partial charge in [-0.15, -0.1) is 0 Å². The highest BCUT2D eigenvalue weighted by Crippen LogP contribution is 2.27. The molecule has 0 saturated heterocycles. The van der Waals surface area contributed by atoms with Gasteiger partial charge in [-0.25, -0.2) is 0 Å². The predicted octanol–water partition coefficient (Wildman–Crippen LogP) is 3.88.